The number of aryl methyl sites for hydroxylation is 1. The predicted octanol–water partition coefficient (Wildman–Crippen LogP) is 6.04. The Morgan fingerprint density at radius 2 is 1.85 bits per heavy atom. The number of aromatic nitrogens is 1. The minimum atomic E-state index is -4.50. The van der Waals surface area contributed by atoms with E-state index in [4.69, 9.17) is 11.6 Å². The number of nitrogens with zero attached hydrogens (tertiary/aromatic N) is 1. The van der Waals surface area contributed by atoms with Gasteiger partial charge in [0.1, 0.15) is 0 Å². The molecule has 0 radical (unpaired) electrons. The van der Waals surface area contributed by atoms with Gasteiger partial charge in [-0.15, -0.1) is 11.3 Å². The first-order chi connectivity index (χ1) is 12.2. The van der Waals surface area contributed by atoms with Crippen LogP contribution >= 0.6 is 22.9 Å². The predicted molar refractivity (Wildman–Crippen MR) is 96.7 cm³/mol. The normalized spacial score (nSPS) is 11.4. The van der Waals surface area contributed by atoms with Crippen LogP contribution in [0.25, 0.3) is 11.3 Å². The zero-order valence-electron chi connectivity index (χ0n) is 13.4. The Hall–Kier alpha value is -2.38. The van der Waals surface area contributed by atoms with Crippen LogP contribution in [0.5, 0.6) is 0 Å². The van der Waals surface area contributed by atoms with Gasteiger partial charge in [0, 0.05) is 21.0 Å². The number of nitrogens with one attached hydrogen (secondary N) is 1. The molecular weight excluding hydrogens is 385 g/mol. The lowest BCUT2D eigenvalue weighted by molar-refractivity contribution is -0.137. The Kier molecular flexibility index (Phi) is 5.02. The summed E-state index contributed by atoms with van der Waals surface area (Å²) >= 11 is 7.12. The van der Waals surface area contributed by atoms with E-state index in [2.05, 4.69) is 10.3 Å². The summed E-state index contributed by atoms with van der Waals surface area (Å²) in [5.41, 5.74) is 0.566. The second-order valence-electron chi connectivity index (χ2n) is 5.46. The molecule has 1 aromatic heterocycles. The molecule has 26 heavy (non-hydrogen) atoms. The van der Waals surface area contributed by atoms with Crippen LogP contribution in [0.4, 0.5) is 18.3 Å². The zero-order chi connectivity index (χ0) is 18.9. The maximum absolute atomic E-state index is 12.8. The largest absolute Gasteiger partial charge is 0.416 e. The molecule has 1 N–H and O–H groups in total. The van der Waals surface area contributed by atoms with E-state index in [1.165, 1.54) is 23.5 Å². The van der Waals surface area contributed by atoms with E-state index in [1.807, 2.05) is 19.1 Å². The molecule has 0 aliphatic carbocycles. The highest BCUT2D eigenvalue weighted by Crippen LogP contribution is 2.32. The van der Waals surface area contributed by atoms with E-state index >= 15 is 0 Å². The molecule has 0 saturated heterocycles. The van der Waals surface area contributed by atoms with E-state index < -0.39 is 17.6 Å². The van der Waals surface area contributed by atoms with E-state index in [-0.39, 0.29) is 5.56 Å². The SMILES string of the molecule is Cc1sc(NC(=O)c2cccc(C(F)(F)F)c2)nc1-c1ccc(Cl)cc1. The Morgan fingerprint density at radius 1 is 1.15 bits per heavy atom. The maximum atomic E-state index is 12.8. The molecule has 0 saturated carbocycles. The van der Waals surface area contributed by atoms with Gasteiger partial charge < -0.3 is 0 Å². The molecule has 3 aromatic rings. The number of carbonyl (C=O) groups excluding carboxylic acids is 1. The third-order valence-electron chi connectivity index (χ3n) is 3.59. The Morgan fingerprint density at radius 3 is 2.50 bits per heavy atom. The van der Waals surface area contributed by atoms with Crippen LogP contribution in [-0.2, 0) is 6.18 Å². The number of benzene rings is 2. The molecule has 3 nitrogen and oxygen atoms in total. The van der Waals surface area contributed by atoms with Crippen LogP contribution in [0.15, 0.2) is 48.5 Å². The summed E-state index contributed by atoms with van der Waals surface area (Å²) in [6.45, 7) is 1.85. The number of halogens is 4. The molecular formula is C18H12ClF3N2OS. The van der Waals surface area contributed by atoms with Crippen molar-refractivity contribution < 1.29 is 18.0 Å². The fraction of sp³-hybridized carbons (Fsp3) is 0.111. The van der Waals surface area contributed by atoms with E-state index in [0.29, 0.717) is 15.8 Å². The number of rotatable bonds is 3. The highest BCUT2D eigenvalue weighted by Gasteiger charge is 2.31. The number of carbonyl (C=O) groups is 1. The van der Waals surface area contributed by atoms with Crippen LogP contribution in [0.3, 0.4) is 0 Å². The summed E-state index contributed by atoms with van der Waals surface area (Å²) in [6, 6.07) is 11.3. The lowest BCUT2D eigenvalue weighted by Crippen LogP contribution is -2.13. The van der Waals surface area contributed by atoms with Gasteiger partial charge in [0.25, 0.3) is 5.91 Å². The third kappa shape index (κ3) is 4.05. The van der Waals surface area contributed by atoms with Crippen molar-refractivity contribution >= 4 is 34.0 Å². The summed E-state index contributed by atoms with van der Waals surface area (Å²) in [4.78, 5) is 17.5. The zero-order valence-corrected chi connectivity index (χ0v) is 15.0. The maximum Gasteiger partial charge on any atom is 0.416 e. The molecule has 0 aliphatic rings. The smallest absolute Gasteiger partial charge is 0.298 e. The Labute approximate surface area is 156 Å². The van der Waals surface area contributed by atoms with Crippen LogP contribution < -0.4 is 5.32 Å². The fourth-order valence-corrected chi connectivity index (χ4v) is 3.29. The van der Waals surface area contributed by atoms with Crippen molar-refractivity contribution in [3.63, 3.8) is 0 Å². The minimum Gasteiger partial charge on any atom is -0.298 e. The molecule has 0 spiro atoms. The van der Waals surface area contributed by atoms with Crippen LogP contribution in [-0.4, -0.2) is 10.9 Å². The van der Waals surface area contributed by atoms with E-state index in [1.54, 1.807) is 12.1 Å². The number of thiazole rings is 1. The van der Waals surface area contributed by atoms with Gasteiger partial charge in [-0.2, -0.15) is 13.2 Å². The molecule has 0 bridgehead atoms. The number of hydrogen-bond donors (Lipinski definition) is 1. The van der Waals surface area contributed by atoms with Gasteiger partial charge in [-0.3, -0.25) is 10.1 Å². The van der Waals surface area contributed by atoms with E-state index in [9.17, 15) is 18.0 Å². The summed E-state index contributed by atoms with van der Waals surface area (Å²) < 4.78 is 38.3. The third-order valence-corrected chi connectivity index (χ3v) is 4.73. The molecule has 1 heterocycles. The second-order valence-corrected chi connectivity index (χ2v) is 7.10. The average molecular weight is 397 g/mol. The molecule has 2 aromatic carbocycles. The second kappa shape index (κ2) is 7.09. The number of hydrogen-bond acceptors (Lipinski definition) is 3. The summed E-state index contributed by atoms with van der Waals surface area (Å²) in [7, 11) is 0. The van der Waals surface area contributed by atoms with Crippen molar-refractivity contribution in [1.82, 2.24) is 4.98 Å². The molecule has 0 atom stereocenters. The fourth-order valence-electron chi connectivity index (χ4n) is 2.33. The summed E-state index contributed by atoms with van der Waals surface area (Å²) in [6.07, 6.45) is -4.50. The van der Waals surface area contributed by atoms with Gasteiger partial charge in [0.2, 0.25) is 0 Å². The van der Waals surface area contributed by atoms with Gasteiger partial charge >= 0.3 is 6.18 Å². The van der Waals surface area contributed by atoms with Crippen molar-refractivity contribution in [3.8, 4) is 11.3 Å². The number of amides is 1. The topological polar surface area (TPSA) is 42.0 Å². The number of anilines is 1. The van der Waals surface area contributed by atoms with Gasteiger partial charge in [-0.05, 0) is 37.3 Å². The standard InChI is InChI=1S/C18H12ClF3N2OS/c1-10-15(11-5-7-14(19)8-6-11)23-17(26-10)24-16(25)12-3-2-4-13(9-12)18(20,21)22/h2-9H,1H3,(H,23,24,25). The molecule has 0 unspecified atom stereocenters. The molecule has 3 rings (SSSR count). The van der Waals surface area contributed by atoms with Crippen molar-refractivity contribution in [1.29, 1.82) is 0 Å². The minimum absolute atomic E-state index is 0.0827. The molecule has 0 fully saturated rings. The highest BCUT2D eigenvalue weighted by atomic mass is 35.5. The molecule has 1 amide bonds. The Bertz CT molecular complexity index is 952. The highest BCUT2D eigenvalue weighted by molar-refractivity contribution is 7.16. The molecule has 134 valence electrons. The van der Waals surface area contributed by atoms with Gasteiger partial charge in [0.05, 0.1) is 11.3 Å². The van der Waals surface area contributed by atoms with Crippen molar-refractivity contribution in [2.75, 3.05) is 5.32 Å². The van der Waals surface area contributed by atoms with Gasteiger partial charge in [-0.1, -0.05) is 29.8 Å². The van der Waals surface area contributed by atoms with Crippen LogP contribution in [0.2, 0.25) is 5.02 Å². The Balaban J connectivity index is 1.83. The average Bonchev–Trinajstić information content (AvgIpc) is 2.95. The molecule has 0 aliphatic heterocycles. The van der Waals surface area contributed by atoms with Crippen molar-refractivity contribution in [2.45, 2.75) is 13.1 Å². The van der Waals surface area contributed by atoms with Crippen molar-refractivity contribution in [3.05, 3.63) is 69.6 Å². The first kappa shape index (κ1) is 18.4. The monoisotopic (exact) mass is 396 g/mol. The first-order valence-electron chi connectivity index (χ1n) is 7.46. The summed E-state index contributed by atoms with van der Waals surface area (Å²) in [5, 5.41) is 3.47. The van der Waals surface area contributed by atoms with Crippen LogP contribution in [0.1, 0.15) is 20.8 Å². The first-order valence-corrected chi connectivity index (χ1v) is 8.65. The number of alkyl halides is 3. The quantitative estimate of drug-likeness (QED) is 0.586. The lowest BCUT2D eigenvalue weighted by Gasteiger charge is -2.08. The lowest BCUT2D eigenvalue weighted by atomic mass is 10.1. The van der Waals surface area contributed by atoms with Gasteiger partial charge in [-0.25, -0.2) is 4.98 Å². The molecule has 8 heteroatoms. The van der Waals surface area contributed by atoms with Crippen molar-refractivity contribution in [2.24, 2.45) is 0 Å². The van der Waals surface area contributed by atoms with E-state index in [0.717, 1.165) is 22.6 Å². The summed E-state index contributed by atoms with van der Waals surface area (Å²) in [5.74, 6) is -0.646. The van der Waals surface area contributed by atoms with Gasteiger partial charge in [0.15, 0.2) is 5.13 Å². The van der Waals surface area contributed by atoms with Crippen LogP contribution in [0, 0.1) is 6.92 Å².